The van der Waals surface area contributed by atoms with Gasteiger partial charge in [0.25, 0.3) is 5.91 Å². The molecule has 2 N–H and O–H groups in total. The average Bonchev–Trinajstić information content (AvgIpc) is 3.19. The molecule has 2 bridgehead atoms. The highest BCUT2D eigenvalue weighted by Gasteiger charge is 2.20. The van der Waals surface area contributed by atoms with E-state index in [1.54, 1.807) is 25.3 Å². The number of halogens is 2. The zero-order chi connectivity index (χ0) is 22.2. The van der Waals surface area contributed by atoms with Gasteiger partial charge >= 0.3 is 0 Å². The molecule has 3 aromatic heterocycles. The lowest BCUT2D eigenvalue weighted by atomic mass is 10.1. The van der Waals surface area contributed by atoms with Crippen molar-refractivity contribution >= 4 is 17.4 Å². The van der Waals surface area contributed by atoms with Gasteiger partial charge in [-0.25, -0.2) is 23.3 Å². The zero-order valence-corrected chi connectivity index (χ0v) is 17.0. The standard InChI is InChI=1S/C22H18F2N6O2/c1-12-7-26-21(31)17-10-28-30-11-18(13-3-2-4-15(23)5-13)19(29-20(17)30)25-8-14-6-16(24)9-27-22(14)32-12/h2-6,9-12H,7-8H2,1H3,(H,25,29)(H,26,31). The van der Waals surface area contributed by atoms with E-state index < -0.39 is 17.7 Å². The Hall–Kier alpha value is -4.08. The molecule has 0 aliphatic carbocycles. The van der Waals surface area contributed by atoms with Crippen LogP contribution < -0.4 is 15.4 Å². The van der Waals surface area contributed by atoms with E-state index in [9.17, 15) is 13.6 Å². The molecule has 1 aliphatic heterocycles. The van der Waals surface area contributed by atoms with Crippen molar-refractivity contribution in [3.8, 4) is 17.0 Å². The SMILES string of the molecule is CC1CNC(=O)c2cnn3cc(-c4cccc(F)c4)c(nc23)NCc2cc(F)cnc2O1. The number of anilines is 1. The van der Waals surface area contributed by atoms with Gasteiger partial charge in [-0.2, -0.15) is 5.10 Å². The molecule has 5 rings (SSSR count). The van der Waals surface area contributed by atoms with Crippen LogP contribution in [0.4, 0.5) is 14.6 Å². The van der Waals surface area contributed by atoms with E-state index in [0.29, 0.717) is 28.2 Å². The topological polar surface area (TPSA) is 93.4 Å². The highest BCUT2D eigenvalue weighted by molar-refractivity contribution is 6.00. The number of hydrogen-bond acceptors (Lipinski definition) is 6. The lowest BCUT2D eigenvalue weighted by molar-refractivity contribution is 0.0932. The molecule has 0 spiro atoms. The number of ether oxygens (including phenoxy) is 1. The van der Waals surface area contributed by atoms with Crippen LogP contribution in [0.2, 0.25) is 0 Å². The first kappa shape index (κ1) is 19.9. The van der Waals surface area contributed by atoms with Gasteiger partial charge in [0.2, 0.25) is 5.88 Å². The second kappa shape index (κ2) is 7.88. The lowest BCUT2D eigenvalue weighted by Crippen LogP contribution is -2.33. The molecule has 32 heavy (non-hydrogen) atoms. The van der Waals surface area contributed by atoms with Gasteiger partial charge in [0.1, 0.15) is 29.1 Å². The van der Waals surface area contributed by atoms with E-state index in [2.05, 4.69) is 25.7 Å². The number of carbonyl (C=O) groups excluding carboxylic acids is 1. The number of hydrogen-bond donors (Lipinski definition) is 2. The summed E-state index contributed by atoms with van der Waals surface area (Å²) in [5.74, 6) is -0.652. The molecule has 0 saturated carbocycles. The summed E-state index contributed by atoms with van der Waals surface area (Å²) in [4.78, 5) is 21.4. The Morgan fingerprint density at radius 2 is 2.00 bits per heavy atom. The molecule has 1 aromatic carbocycles. The Bertz CT molecular complexity index is 1340. The highest BCUT2D eigenvalue weighted by Crippen LogP contribution is 2.29. The van der Waals surface area contributed by atoms with Crippen molar-refractivity contribution in [3.05, 3.63) is 71.7 Å². The van der Waals surface area contributed by atoms with Gasteiger partial charge in [-0.15, -0.1) is 0 Å². The number of pyridine rings is 1. The third-order valence-corrected chi connectivity index (χ3v) is 5.07. The fourth-order valence-electron chi connectivity index (χ4n) is 3.52. The molecule has 0 radical (unpaired) electrons. The fourth-order valence-corrected chi connectivity index (χ4v) is 3.52. The van der Waals surface area contributed by atoms with Crippen LogP contribution in [0.3, 0.4) is 0 Å². The molecule has 4 heterocycles. The molecule has 0 saturated heterocycles. The monoisotopic (exact) mass is 436 g/mol. The fraction of sp³-hybridized carbons (Fsp3) is 0.182. The van der Waals surface area contributed by atoms with E-state index in [4.69, 9.17) is 4.74 Å². The second-order valence-electron chi connectivity index (χ2n) is 7.45. The van der Waals surface area contributed by atoms with E-state index in [-0.39, 0.29) is 30.4 Å². The van der Waals surface area contributed by atoms with Gasteiger partial charge in [0.05, 0.1) is 18.9 Å². The second-order valence-corrected chi connectivity index (χ2v) is 7.45. The van der Waals surface area contributed by atoms with Crippen molar-refractivity contribution in [2.24, 2.45) is 0 Å². The van der Waals surface area contributed by atoms with Gasteiger partial charge < -0.3 is 15.4 Å². The van der Waals surface area contributed by atoms with Crippen LogP contribution >= 0.6 is 0 Å². The van der Waals surface area contributed by atoms with E-state index in [1.807, 2.05) is 0 Å². The summed E-state index contributed by atoms with van der Waals surface area (Å²) in [5.41, 5.74) is 2.21. The van der Waals surface area contributed by atoms with Crippen molar-refractivity contribution in [1.82, 2.24) is 24.9 Å². The molecule has 8 nitrogen and oxygen atoms in total. The Morgan fingerprint density at radius 1 is 1.12 bits per heavy atom. The van der Waals surface area contributed by atoms with Gasteiger partial charge in [-0.1, -0.05) is 12.1 Å². The largest absolute Gasteiger partial charge is 0.473 e. The summed E-state index contributed by atoms with van der Waals surface area (Å²) in [5, 5.41) is 10.2. The minimum Gasteiger partial charge on any atom is -0.473 e. The van der Waals surface area contributed by atoms with Gasteiger partial charge in [-0.05, 0) is 30.7 Å². The first-order chi connectivity index (χ1) is 15.5. The molecule has 1 atom stereocenters. The summed E-state index contributed by atoms with van der Waals surface area (Å²) in [7, 11) is 0. The number of amides is 1. The van der Waals surface area contributed by atoms with Crippen molar-refractivity contribution < 1.29 is 18.3 Å². The molecule has 0 fully saturated rings. The maximum absolute atomic E-state index is 13.9. The Kier molecular flexibility index (Phi) is 4.89. The summed E-state index contributed by atoms with van der Waals surface area (Å²) in [6.07, 6.45) is 3.75. The third kappa shape index (κ3) is 3.70. The lowest BCUT2D eigenvalue weighted by Gasteiger charge is -2.17. The third-order valence-electron chi connectivity index (χ3n) is 5.07. The van der Waals surface area contributed by atoms with Crippen molar-refractivity contribution in [3.63, 3.8) is 0 Å². The molecular weight excluding hydrogens is 418 g/mol. The minimum absolute atomic E-state index is 0.142. The maximum atomic E-state index is 13.9. The minimum atomic E-state index is -0.508. The number of benzene rings is 1. The van der Waals surface area contributed by atoms with Crippen LogP contribution in [0.1, 0.15) is 22.8 Å². The summed E-state index contributed by atoms with van der Waals surface area (Å²) < 4.78 is 35.1. The van der Waals surface area contributed by atoms with Crippen LogP contribution in [-0.2, 0) is 6.54 Å². The number of aromatic nitrogens is 4. The zero-order valence-electron chi connectivity index (χ0n) is 17.0. The smallest absolute Gasteiger partial charge is 0.256 e. The van der Waals surface area contributed by atoms with Crippen LogP contribution in [0.5, 0.6) is 5.88 Å². The predicted molar refractivity (Wildman–Crippen MR) is 112 cm³/mol. The number of nitrogens with one attached hydrogen (secondary N) is 2. The molecular formula is C22H18F2N6O2. The van der Waals surface area contributed by atoms with Crippen molar-refractivity contribution in [1.29, 1.82) is 0 Å². The van der Waals surface area contributed by atoms with Gasteiger partial charge in [-0.3, -0.25) is 4.79 Å². The number of carbonyl (C=O) groups is 1. The summed E-state index contributed by atoms with van der Waals surface area (Å²) in [6, 6.07) is 7.37. The van der Waals surface area contributed by atoms with Gasteiger partial charge in [0, 0.05) is 23.9 Å². The molecule has 1 amide bonds. The van der Waals surface area contributed by atoms with Crippen LogP contribution in [0.15, 0.2) is 48.9 Å². The van der Waals surface area contributed by atoms with Gasteiger partial charge in [0.15, 0.2) is 5.65 Å². The molecule has 10 heteroatoms. The van der Waals surface area contributed by atoms with Crippen LogP contribution in [-0.4, -0.2) is 38.1 Å². The van der Waals surface area contributed by atoms with Crippen LogP contribution in [0.25, 0.3) is 16.8 Å². The quantitative estimate of drug-likeness (QED) is 0.476. The number of nitrogens with zero attached hydrogens (tertiary/aromatic N) is 4. The highest BCUT2D eigenvalue weighted by atomic mass is 19.1. The Morgan fingerprint density at radius 3 is 2.84 bits per heavy atom. The molecule has 1 aliphatic rings. The van der Waals surface area contributed by atoms with E-state index >= 15 is 0 Å². The molecule has 1 unspecified atom stereocenters. The van der Waals surface area contributed by atoms with E-state index in [0.717, 1.165) is 6.20 Å². The first-order valence-electron chi connectivity index (χ1n) is 9.95. The summed E-state index contributed by atoms with van der Waals surface area (Å²) in [6.45, 7) is 2.12. The Balaban J connectivity index is 1.67. The van der Waals surface area contributed by atoms with Crippen molar-refractivity contribution in [2.75, 3.05) is 11.9 Å². The average molecular weight is 436 g/mol. The first-order valence-corrected chi connectivity index (χ1v) is 9.95. The predicted octanol–water partition coefficient (Wildman–Crippen LogP) is 3.19. The Labute approximate surface area is 181 Å². The normalized spacial score (nSPS) is 16.2. The van der Waals surface area contributed by atoms with E-state index in [1.165, 1.54) is 28.9 Å². The summed E-state index contributed by atoms with van der Waals surface area (Å²) >= 11 is 0. The number of rotatable bonds is 1. The number of fused-ring (bicyclic) bond motifs is 2. The molecule has 162 valence electrons. The molecule has 4 aromatic rings. The van der Waals surface area contributed by atoms with Crippen LogP contribution in [0, 0.1) is 11.6 Å². The van der Waals surface area contributed by atoms with Crippen molar-refractivity contribution in [2.45, 2.75) is 19.6 Å². The maximum Gasteiger partial charge on any atom is 0.256 e.